The highest BCUT2D eigenvalue weighted by molar-refractivity contribution is 7.87. The van der Waals surface area contributed by atoms with Crippen LogP contribution in [0.1, 0.15) is 31.3 Å². The van der Waals surface area contributed by atoms with Gasteiger partial charge in [0.05, 0.1) is 5.69 Å². The van der Waals surface area contributed by atoms with Crippen LogP contribution in [0.15, 0.2) is 23.2 Å². The van der Waals surface area contributed by atoms with E-state index in [4.69, 9.17) is 9.92 Å². The fraction of sp³-hybridized carbons (Fsp3) is 0.333. The van der Waals surface area contributed by atoms with Gasteiger partial charge in [0.25, 0.3) is 0 Å². The quantitative estimate of drug-likeness (QED) is 0.706. The van der Waals surface area contributed by atoms with E-state index < -0.39 is 57.9 Å². The number of benzene rings is 1. The normalized spacial score (nSPS) is 11.6. The highest BCUT2D eigenvalue weighted by atomic mass is 32.2. The number of aromatic nitrogens is 2. The highest BCUT2D eigenvalue weighted by Crippen LogP contribution is 2.29. The minimum absolute atomic E-state index is 0.0763. The number of nitrogens with zero attached hydrogens (tertiary/aromatic N) is 2. The van der Waals surface area contributed by atoms with Gasteiger partial charge >= 0.3 is 16.2 Å². The molecule has 0 aliphatic rings. The molecule has 0 fully saturated rings. The maximum atomic E-state index is 13.6. The molecule has 1 amide bonds. The van der Waals surface area contributed by atoms with Gasteiger partial charge in [0.15, 0.2) is 24.3 Å². The molecule has 1 heterocycles. The molecule has 0 bridgehead atoms. The fourth-order valence-electron chi connectivity index (χ4n) is 2.25. The van der Waals surface area contributed by atoms with Crippen molar-refractivity contribution in [2.45, 2.75) is 38.2 Å². The summed E-state index contributed by atoms with van der Waals surface area (Å²) in [6, 6.07) is 1.84. The van der Waals surface area contributed by atoms with Crippen molar-refractivity contribution in [2.24, 2.45) is 5.73 Å². The molecule has 0 saturated carbocycles. The molecule has 0 aliphatic heterocycles. The molecule has 148 valence electrons. The van der Waals surface area contributed by atoms with Crippen LogP contribution in [0.5, 0.6) is 5.75 Å². The van der Waals surface area contributed by atoms with Crippen LogP contribution in [0, 0.1) is 11.6 Å². The molecule has 0 unspecified atom stereocenters. The molecule has 0 aliphatic carbocycles. The fourth-order valence-corrected chi connectivity index (χ4v) is 3.64. The number of ether oxygens (including phenoxy) is 1. The van der Waals surface area contributed by atoms with Gasteiger partial charge in [0, 0.05) is 18.2 Å². The van der Waals surface area contributed by atoms with Gasteiger partial charge < -0.3 is 14.7 Å². The van der Waals surface area contributed by atoms with Crippen molar-refractivity contribution in [1.82, 2.24) is 9.55 Å². The Balaban J connectivity index is 2.54. The lowest BCUT2D eigenvalue weighted by molar-refractivity contribution is 0.143. The van der Waals surface area contributed by atoms with Crippen LogP contribution in [0.4, 0.5) is 18.0 Å². The number of hydrogen-bond donors (Lipinski definition) is 1. The topological polar surface area (TPSA) is 114 Å². The maximum Gasteiger partial charge on any atom is 0.404 e. The lowest BCUT2D eigenvalue weighted by Crippen LogP contribution is -2.19. The highest BCUT2D eigenvalue weighted by Gasteiger charge is 2.32. The second-order valence-corrected chi connectivity index (χ2v) is 7.13. The first kappa shape index (κ1) is 20.6. The Bertz CT molecular complexity index is 940. The molecule has 2 N–H and O–H groups in total. The standard InChI is InChI=1S/C15H16F3N3O5S/c1-8(2)13-14(21(7-16)12(20-13)6-25-15(19)22)27(23,24)26-11-4-9(17)3-10(18)5-11/h3-5,8H,6-7H2,1-2H3,(H2,19,22). The number of rotatable bonds is 7. The Morgan fingerprint density at radius 1 is 1.26 bits per heavy atom. The van der Waals surface area contributed by atoms with E-state index in [1.54, 1.807) is 13.8 Å². The lowest BCUT2D eigenvalue weighted by Gasteiger charge is -2.12. The lowest BCUT2D eigenvalue weighted by atomic mass is 10.2. The van der Waals surface area contributed by atoms with Gasteiger partial charge in [0.2, 0.25) is 0 Å². The van der Waals surface area contributed by atoms with Crippen molar-refractivity contribution in [3.63, 3.8) is 0 Å². The second-order valence-electron chi connectivity index (χ2n) is 5.67. The second kappa shape index (κ2) is 7.86. The SMILES string of the molecule is CC(C)c1nc(COC(N)=O)n(CF)c1S(=O)(=O)Oc1cc(F)cc(F)c1. The first-order valence-electron chi connectivity index (χ1n) is 7.53. The molecule has 0 spiro atoms. The third-order valence-electron chi connectivity index (χ3n) is 3.31. The summed E-state index contributed by atoms with van der Waals surface area (Å²) in [5.74, 6) is -3.48. The van der Waals surface area contributed by atoms with Crippen molar-refractivity contribution in [3.05, 3.63) is 41.4 Å². The summed E-state index contributed by atoms with van der Waals surface area (Å²) in [4.78, 5) is 14.7. The van der Waals surface area contributed by atoms with Gasteiger partial charge in [-0.2, -0.15) is 8.42 Å². The number of halogens is 3. The van der Waals surface area contributed by atoms with Crippen LogP contribution in [-0.2, 0) is 28.3 Å². The molecule has 12 heteroatoms. The predicted octanol–water partition coefficient (Wildman–Crippen LogP) is 2.57. The average molecular weight is 407 g/mol. The summed E-state index contributed by atoms with van der Waals surface area (Å²) < 4.78 is 75.3. The van der Waals surface area contributed by atoms with E-state index in [-0.39, 0.29) is 11.5 Å². The Morgan fingerprint density at radius 3 is 2.33 bits per heavy atom. The molecular formula is C15H16F3N3O5S. The van der Waals surface area contributed by atoms with Gasteiger partial charge in [-0.15, -0.1) is 0 Å². The van der Waals surface area contributed by atoms with Gasteiger partial charge in [-0.1, -0.05) is 13.8 Å². The van der Waals surface area contributed by atoms with Crippen molar-refractivity contribution in [2.75, 3.05) is 0 Å². The number of nitrogens with two attached hydrogens (primary N) is 1. The number of carbonyl (C=O) groups excluding carboxylic acids is 1. The van der Waals surface area contributed by atoms with E-state index in [9.17, 15) is 26.4 Å². The number of imidazole rings is 1. The Labute approximate surface area is 152 Å². The molecule has 0 radical (unpaired) electrons. The van der Waals surface area contributed by atoms with Crippen LogP contribution in [0.3, 0.4) is 0 Å². The van der Waals surface area contributed by atoms with E-state index in [1.807, 2.05) is 0 Å². The largest absolute Gasteiger partial charge is 0.442 e. The number of carbonyl (C=O) groups is 1. The zero-order valence-electron chi connectivity index (χ0n) is 14.3. The van der Waals surface area contributed by atoms with Crippen LogP contribution >= 0.6 is 0 Å². The first-order valence-corrected chi connectivity index (χ1v) is 8.94. The number of alkyl halides is 1. The van der Waals surface area contributed by atoms with Gasteiger partial charge in [-0.3, -0.25) is 4.57 Å². The van der Waals surface area contributed by atoms with Crippen molar-refractivity contribution < 1.29 is 35.3 Å². The van der Waals surface area contributed by atoms with E-state index in [1.165, 1.54) is 0 Å². The molecule has 2 rings (SSSR count). The molecule has 0 atom stereocenters. The van der Waals surface area contributed by atoms with Gasteiger partial charge in [0.1, 0.15) is 17.4 Å². The zero-order chi connectivity index (χ0) is 20.4. The van der Waals surface area contributed by atoms with Crippen molar-refractivity contribution in [3.8, 4) is 5.75 Å². The summed E-state index contributed by atoms with van der Waals surface area (Å²) in [5.41, 5.74) is 4.77. The van der Waals surface area contributed by atoms with E-state index >= 15 is 0 Å². The minimum atomic E-state index is -4.73. The Morgan fingerprint density at radius 2 is 1.85 bits per heavy atom. The number of primary amides is 1. The summed E-state index contributed by atoms with van der Waals surface area (Å²) in [7, 11) is -4.73. The third kappa shape index (κ3) is 4.70. The van der Waals surface area contributed by atoms with Crippen LogP contribution in [0.25, 0.3) is 0 Å². The average Bonchev–Trinajstić information content (AvgIpc) is 2.91. The van der Waals surface area contributed by atoms with Gasteiger partial charge in [-0.05, 0) is 5.92 Å². The molecular weight excluding hydrogens is 391 g/mol. The monoisotopic (exact) mass is 407 g/mol. The third-order valence-corrected chi connectivity index (χ3v) is 4.63. The predicted molar refractivity (Wildman–Crippen MR) is 86.0 cm³/mol. The van der Waals surface area contributed by atoms with Crippen LogP contribution in [0.2, 0.25) is 0 Å². The summed E-state index contributed by atoms with van der Waals surface area (Å²) in [6.45, 7) is 1.25. The van der Waals surface area contributed by atoms with Crippen LogP contribution < -0.4 is 9.92 Å². The summed E-state index contributed by atoms with van der Waals surface area (Å²) in [6.07, 6.45) is -1.16. The van der Waals surface area contributed by atoms with Crippen molar-refractivity contribution in [1.29, 1.82) is 0 Å². The Kier molecular flexibility index (Phi) is 5.98. The molecule has 2 aromatic rings. The number of hydrogen-bond acceptors (Lipinski definition) is 6. The number of amides is 1. The molecule has 27 heavy (non-hydrogen) atoms. The Hall–Kier alpha value is -2.76. The summed E-state index contributed by atoms with van der Waals surface area (Å²) in [5, 5.41) is -0.660. The smallest absolute Gasteiger partial charge is 0.404 e. The van der Waals surface area contributed by atoms with E-state index in [0.717, 1.165) is 0 Å². The van der Waals surface area contributed by atoms with Crippen molar-refractivity contribution >= 4 is 16.2 Å². The maximum absolute atomic E-state index is 13.6. The van der Waals surface area contributed by atoms with E-state index in [0.29, 0.717) is 22.8 Å². The van der Waals surface area contributed by atoms with Gasteiger partial charge in [-0.25, -0.2) is 22.9 Å². The zero-order valence-corrected chi connectivity index (χ0v) is 15.1. The van der Waals surface area contributed by atoms with E-state index in [2.05, 4.69) is 9.72 Å². The minimum Gasteiger partial charge on any atom is -0.442 e. The first-order chi connectivity index (χ1) is 12.5. The molecule has 1 aromatic heterocycles. The van der Waals surface area contributed by atoms with Crippen LogP contribution in [-0.4, -0.2) is 24.1 Å². The molecule has 1 aromatic carbocycles. The molecule has 8 nitrogen and oxygen atoms in total. The molecule has 0 saturated heterocycles. The summed E-state index contributed by atoms with van der Waals surface area (Å²) >= 11 is 0.